The molecule has 2 rings (SSSR count). The minimum absolute atomic E-state index is 0.157. The van der Waals surface area contributed by atoms with Crippen molar-refractivity contribution in [2.75, 3.05) is 13.2 Å². The van der Waals surface area contributed by atoms with Crippen LogP contribution in [0.3, 0.4) is 0 Å². The Kier molecular flexibility index (Phi) is 6.06. The molecule has 0 aliphatic carbocycles. The van der Waals surface area contributed by atoms with Crippen LogP contribution in [0.1, 0.15) is 36.6 Å². The quantitative estimate of drug-likeness (QED) is 0.717. The third-order valence-corrected chi connectivity index (χ3v) is 4.94. The maximum Gasteiger partial charge on any atom is 0.124 e. The van der Waals surface area contributed by atoms with Gasteiger partial charge in [-0.2, -0.15) is 0 Å². The van der Waals surface area contributed by atoms with Gasteiger partial charge in [0.1, 0.15) is 5.75 Å². The van der Waals surface area contributed by atoms with Crippen LogP contribution in [-0.2, 0) is 0 Å². The summed E-state index contributed by atoms with van der Waals surface area (Å²) in [6.07, 6.45) is 0. The molecular formula is C18H22INO. The normalized spacial score (nSPS) is 12.2. The molecular weight excluding hydrogens is 373 g/mol. The van der Waals surface area contributed by atoms with Crippen molar-refractivity contribution in [2.45, 2.75) is 26.8 Å². The van der Waals surface area contributed by atoms with Crippen LogP contribution in [0.15, 0.2) is 42.5 Å². The predicted octanol–water partition coefficient (Wildman–Crippen LogP) is 4.70. The van der Waals surface area contributed by atoms with Gasteiger partial charge in [-0.25, -0.2) is 0 Å². The highest BCUT2D eigenvalue weighted by Gasteiger charge is 2.19. The molecule has 0 aromatic heterocycles. The van der Waals surface area contributed by atoms with E-state index < -0.39 is 0 Å². The van der Waals surface area contributed by atoms with Crippen LogP contribution < -0.4 is 10.1 Å². The first-order chi connectivity index (χ1) is 10.2. The lowest BCUT2D eigenvalue weighted by Crippen LogP contribution is -2.23. The van der Waals surface area contributed by atoms with Crippen molar-refractivity contribution in [3.05, 3.63) is 62.7 Å². The first kappa shape index (κ1) is 16.3. The Bertz CT molecular complexity index is 598. The summed E-state index contributed by atoms with van der Waals surface area (Å²) in [4.78, 5) is 0. The molecule has 0 saturated carbocycles. The molecule has 21 heavy (non-hydrogen) atoms. The van der Waals surface area contributed by atoms with Crippen molar-refractivity contribution < 1.29 is 4.74 Å². The monoisotopic (exact) mass is 395 g/mol. The van der Waals surface area contributed by atoms with Gasteiger partial charge in [-0.15, -0.1) is 0 Å². The van der Waals surface area contributed by atoms with E-state index in [1.54, 1.807) is 0 Å². The number of halogens is 1. The summed E-state index contributed by atoms with van der Waals surface area (Å²) in [5.74, 6) is 0.961. The fraction of sp³-hybridized carbons (Fsp3) is 0.333. The minimum atomic E-state index is 0.157. The SMILES string of the molecule is CCNC(c1ccccc1OCC)c1cccc(C)c1I. The van der Waals surface area contributed by atoms with E-state index in [4.69, 9.17) is 4.74 Å². The van der Waals surface area contributed by atoms with Crippen LogP contribution in [0.2, 0.25) is 0 Å². The number of hydrogen-bond donors (Lipinski definition) is 1. The van der Waals surface area contributed by atoms with Crippen molar-refractivity contribution in [1.29, 1.82) is 0 Å². The Morgan fingerprint density at radius 2 is 1.76 bits per heavy atom. The van der Waals surface area contributed by atoms with Crippen molar-refractivity contribution in [1.82, 2.24) is 5.32 Å². The molecule has 0 spiro atoms. The van der Waals surface area contributed by atoms with E-state index >= 15 is 0 Å². The van der Waals surface area contributed by atoms with E-state index in [-0.39, 0.29) is 6.04 Å². The third-order valence-electron chi connectivity index (χ3n) is 3.47. The summed E-state index contributed by atoms with van der Waals surface area (Å²) >= 11 is 2.44. The number of aryl methyl sites for hydroxylation is 1. The molecule has 2 nitrogen and oxygen atoms in total. The highest BCUT2D eigenvalue weighted by atomic mass is 127. The smallest absolute Gasteiger partial charge is 0.124 e. The van der Waals surface area contributed by atoms with Gasteiger partial charge in [0.05, 0.1) is 12.6 Å². The molecule has 1 atom stereocenters. The van der Waals surface area contributed by atoms with E-state index in [1.165, 1.54) is 20.3 Å². The zero-order chi connectivity index (χ0) is 15.2. The second kappa shape index (κ2) is 7.80. The molecule has 0 aliphatic rings. The molecule has 0 saturated heterocycles. The van der Waals surface area contributed by atoms with E-state index in [2.05, 4.69) is 72.1 Å². The van der Waals surface area contributed by atoms with Gasteiger partial charge in [0.25, 0.3) is 0 Å². The number of hydrogen-bond acceptors (Lipinski definition) is 2. The Morgan fingerprint density at radius 1 is 1.05 bits per heavy atom. The van der Waals surface area contributed by atoms with Gasteiger partial charge in [0, 0.05) is 9.13 Å². The molecule has 0 aliphatic heterocycles. The van der Waals surface area contributed by atoms with Gasteiger partial charge in [-0.3, -0.25) is 0 Å². The van der Waals surface area contributed by atoms with Gasteiger partial charge < -0.3 is 10.1 Å². The summed E-state index contributed by atoms with van der Waals surface area (Å²) in [6, 6.07) is 14.9. The topological polar surface area (TPSA) is 21.3 Å². The number of rotatable bonds is 6. The Hall–Kier alpha value is -1.07. The van der Waals surface area contributed by atoms with Gasteiger partial charge in [0.15, 0.2) is 0 Å². The Labute approximate surface area is 141 Å². The average molecular weight is 395 g/mol. The van der Waals surface area contributed by atoms with Gasteiger partial charge in [-0.05, 0) is 60.2 Å². The molecule has 112 valence electrons. The standard InChI is InChI=1S/C18H22INO/c1-4-20-18(15-11-8-9-13(3)17(15)19)14-10-6-7-12-16(14)21-5-2/h6-12,18,20H,4-5H2,1-3H3. The molecule has 0 bridgehead atoms. The number of benzene rings is 2. The van der Waals surface area contributed by atoms with Crippen LogP contribution in [0, 0.1) is 10.5 Å². The van der Waals surface area contributed by atoms with E-state index in [1.807, 2.05) is 19.1 Å². The summed E-state index contributed by atoms with van der Waals surface area (Å²) in [5.41, 5.74) is 3.82. The fourth-order valence-corrected chi connectivity index (χ4v) is 3.16. The number of nitrogens with one attached hydrogen (secondary N) is 1. The van der Waals surface area contributed by atoms with Crippen LogP contribution in [0.4, 0.5) is 0 Å². The van der Waals surface area contributed by atoms with E-state index in [0.717, 1.165) is 12.3 Å². The Balaban J connectivity index is 2.51. The highest BCUT2D eigenvalue weighted by molar-refractivity contribution is 14.1. The lowest BCUT2D eigenvalue weighted by Gasteiger charge is -2.23. The van der Waals surface area contributed by atoms with Crippen LogP contribution in [0.5, 0.6) is 5.75 Å². The first-order valence-corrected chi connectivity index (χ1v) is 8.47. The van der Waals surface area contributed by atoms with Crippen molar-refractivity contribution in [2.24, 2.45) is 0 Å². The minimum Gasteiger partial charge on any atom is -0.494 e. The molecule has 0 heterocycles. The summed E-state index contributed by atoms with van der Waals surface area (Å²) in [6.45, 7) is 7.91. The van der Waals surface area contributed by atoms with Crippen molar-refractivity contribution in [3.63, 3.8) is 0 Å². The summed E-state index contributed by atoms with van der Waals surface area (Å²) in [7, 11) is 0. The zero-order valence-electron chi connectivity index (χ0n) is 12.8. The third kappa shape index (κ3) is 3.77. The second-order valence-electron chi connectivity index (χ2n) is 4.94. The molecule has 1 N–H and O–H groups in total. The number of para-hydroxylation sites is 1. The maximum absolute atomic E-state index is 5.81. The summed E-state index contributed by atoms with van der Waals surface area (Å²) in [5, 5.41) is 3.60. The predicted molar refractivity (Wildman–Crippen MR) is 97.0 cm³/mol. The average Bonchev–Trinajstić information content (AvgIpc) is 2.49. The van der Waals surface area contributed by atoms with Crippen molar-refractivity contribution in [3.8, 4) is 5.75 Å². The van der Waals surface area contributed by atoms with E-state index in [0.29, 0.717) is 6.61 Å². The van der Waals surface area contributed by atoms with Crippen molar-refractivity contribution >= 4 is 22.6 Å². The van der Waals surface area contributed by atoms with Gasteiger partial charge >= 0.3 is 0 Å². The lowest BCUT2D eigenvalue weighted by molar-refractivity contribution is 0.333. The zero-order valence-corrected chi connectivity index (χ0v) is 15.0. The van der Waals surface area contributed by atoms with E-state index in [9.17, 15) is 0 Å². The molecule has 2 aromatic rings. The molecule has 1 unspecified atom stereocenters. The molecule has 0 amide bonds. The first-order valence-electron chi connectivity index (χ1n) is 7.39. The molecule has 0 radical (unpaired) electrons. The van der Waals surface area contributed by atoms with Gasteiger partial charge in [-0.1, -0.05) is 43.3 Å². The van der Waals surface area contributed by atoms with Crippen LogP contribution >= 0.6 is 22.6 Å². The summed E-state index contributed by atoms with van der Waals surface area (Å²) < 4.78 is 7.13. The largest absolute Gasteiger partial charge is 0.494 e. The lowest BCUT2D eigenvalue weighted by atomic mass is 9.96. The van der Waals surface area contributed by atoms with Crippen LogP contribution in [0.25, 0.3) is 0 Å². The fourth-order valence-electron chi connectivity index (χ4n) is 2.49. The highest BCUT2D eigenvalue weighted by Crippen LogP contribution is 2.33. The molecule has 0 fully saturated rings. The van der Waals surface area contributed by atoms with Gasteiger partial charge in [0.2, 0.25) is 0 Å². The molecule has 2 aromatic carbocycles. The molecule has 3 heteroatoms. The second-order valence-corrected chi connectivity index (χ2v) is 6.02. The van der Waals surface area contributed by atoms with Crippen LogP contribution in [-0.4, -0.2) is 13.2 Å². The Morgan fingerprint density at radius 3 is 2.48 bits per heavy atom. The number of ether oxygens (including phenoxy) is 1. The maximum atomic E-state index is 5.81.